The lowest BCUT2D eigenvalue weighted by Crippen LogP contribution is -2.29. The van der Waals surface area contributed by atoms with E-state index in [2.05, 4.69) is 15.3 Å². The summed E-state index contributed by atoms with van der Waals surface area (Å²) in [4.78, 5) is 19.0. The van der Waals surface area contributed by atoms with Crippen LogP contribution in [0, 0.1) is 0 Å². The number of H-pyrrole nitrogens is 1. The summed E-state index contributed by atoms with van der Waals surface area (Å²) in [6, 6.07) is 5.09. The van der Waals surface area contributed by atoms with Crippen molar-refractivity contribution in [2.75, 3.05) is 13.1 Å². The molecule has 20 heavy (non-hydrogen) atoms. The van der Waals surface area contributed by atoms with Crippen molar-refractivity contribution >= 4 is 28.5 Å². The zero-order valence-electron chi connectivity index (χ0n) is 11.0. The van der Waals surface area contributed by atoms with E-state index in [1.54, 1.807) is 12.1 Å². The van der Waals surface area contributed by atoms with Crippen LogP contribution in [0.15, 0.2) is 18.2 Å². The number of nitrogens with one attached hydrogen (secondary N) is 2. The fraction of sp³-hybridized carbons (Fsp3) is 0.385. The van der Waals surface area contributed by atoms with Crippen LogP contribution in [0.2, 0.25) is 5.02 Å². The number of rotatable bonds is 6. The van der Waals surface area contributed by atoms with Crippen LogP contribution in [0.5, 0.6) is 0 Å². The van der Waals surface area contributed by atoms with E-state index < -0.39 is 0 Å². The predicted molar refractivity (Wildman–Crippen MR) is 79.3 cm³/mol. The van der Waals surface area contributed by atoms with Crippen molar-refractivity contribution in [1.82, 2.24) is 15.3 Å². The molecule has 1 unspecified atom stereocenters. The molecule has 1 atom stereocenters. The Kier molecular flexibility index (Phi) is 4.94. The van der Waals surface area contributed by atoms with E-state index in [0.717, 1.165) is 11.0 Å². The number of hydrogen-bond donors (Lipinski definition) is 4. The highest BCUT2D eigenvalue weighted by atomic mass is 35.5. The number of carbonyl (C=O) groups is 1. The van der Waals surface area contributed by atoms with Crippen molar-refractivity contribution in [3.63, 3.8) is 0 Å². The van der Waals surface area contributed by atoms with E-state index in [1.165, 1.54) is 0 Å². The van der Waals surface area contributed by atoms with Crippen molar-refractivity contribution in [1.29, 1.82) is 0 Å². The first-order chi connectivity index (χ1) is 9.60. The molecule has 0 bridgehead atoms. The number of nitrogens with zero attached hydrogens (tertiary/aromatic N) is 1. The molecule has 6 nitrogen and oxygen atoms in total. The molecular weight excluding hydrogens is 278 g/mol. The second kappa shape index (κ2) is 6.69. The molecule has 1 amide bonds. The largest absolute Gasteiger partial charge is 0.355 e. The molecule has 2 rings (SSSR count). The monoisotopic (exact) mass is 295 g/mol. The first-order valence-electron chi connectivity index (χ1n) is 6.47. The molecular formula is C13H18ClN5O. The van der Waals surface area contributed by atoms with Crippen LogP contribution >= 0.6 is 11.6 Å². The van der Waals surface area contributed by atoms with Crippen LogP contribution < -0.4 is 16.8 Å². The van der Waals surface area contributed by atoms with Gasteiger partial charge in [0.1, 0.15) is 5.82 Å². The Morgan fingerprint density at radius 3 is 3.05 bits per heavy atom. The quantitative estimate of drug-likeness (QED) is 0.639. The van der Waals surface area contributed by atoms with Crippen LogP contribution in [-0.2, 0) is 4.79 Å². The van der Waals surface area contributed by atoms with E-state index in [-0.39, 0.29) is 11.9 Å². The molecule has 0 radical (unpaired) electrons. The van der Waals surface area contributed by atoms with Gasteiger partial charge >= 0.3 is 0 Å². The lowest BCUT2D eigenvalue weighted by atomic mass is 10.1. The normalized spacial score (nSPS) is 12.6. The summed E-state index contributed by atoms with van der Waals surface area (Å²) in [7, 11) is 0. The van der Waals surface area contributed by atoms with Crippen molar-refractivity contribution in [2.45, 2.75) is 18.9 Å². The number of hydrogen-bond acceptors (Lipinski definition) is 4. The lowest BCUT2D eigenvalue weighted by Gasteiger charge is -2.08. The third-order valence-electron chi connectivity index (χ3n) is 2.96. The van der Waals surface area contributed by atoms with E-state index in [9.17, 15) is 4.79 Å². The topological polar surface area (TPSA) is 110 Å². The highest BCUT2D eigenvalue weighted by Gasteiger charge is 2.13. The summed E-state index contributed by atoms with van der Waals surface area (Å²) in [5.41, 5.74) is 13.0. The van der Waals surface area contributed by atoms with E-state index in [4.69, 9.17) is 23.1 Å². The summed E-state index contributed by atoms with van der Waals surface area (Å²) in [5.74, 6) is 0.610. The van der Waals surface area contributed by atoms with Gasteiger partial charge in [-0.2, -0.15) is 0 Å². The number of imidazole rings is 1. The SMILES string of the molecule is NCCNC(=O)CCC(N)c1nc2ccc(Cl)cc2[nH]1. The molecule has 1 aromatic heterocycles. The Morgan fingerprint density at radius 2 is 2.30 bits per heavy atom. The van der Waals surface area contributed by atoms with Gasteiger partial charge in [-0.15, -0.1) is 0 Å². The summed E-state index contributed by atoms with van der Waals surface area (Å²) in [6.07, 6.45) is 0.864. The predicted octanol–water partition coefficient (Wildman–Crippen LogP) is 1.07. The highest BCUT2D eigenvalue weighted by molar-refractivity contribution is 6.31. The number of carbonyl (C=O) groups excluding carboxylic acids is 1. The average molecular weight is 296 g/mol. The third-order valence-corrected chi connectivity index (χ3v) is 3.20. The Labute approximate surface area is 121 Å². The van der Waals surface area contributed by atoms with Crippen molar-refractivity contribution in [3.8, 4) is 0 Å². The Balaban J connectivity index is 1.97. The molecule has 0 aliphatic rings. The summed E-state index contributed by atoms with van der Waals surface area (Å²) >= 11 is 5.92. The van der Waals surface area contributed by atoms with Gasteiger partial charge < -0.3 is 21.8 Å². The van der Waals surface area contributed by atoms with Gasteiger partial charge in [0.2, 0.25) is 5.91 Å². The molecule has 1 aromatic carbocycles. The summed E-state index contributed by atoms with van der Waals surface area (Å²) < 4.78 is 0. The maximum atomic E-state index is 11.5. The highest BCUT2D eigenvalue weighted by Crippen LogP contribution is 2.20. The Bertz CT molecular complexity index is 597. The van der Waals surface area contributed by atoms with Crippen LogP contribution in [0.1, 0.15) is 24.7 Å². The number of nitrogens with two attached hydrogens (primary N) is 2. The number of halogens is 1. The van der Waals surface area contributed by atoms with Gasteiger partial charge in [0, 0.05) is 24.5 Å². The standard InChI is InChI=1S/C13H18ClN5O/c14-8-1-3-10-11(7-8)19-13(18-10)9(16)2-4-12(20)17-6-5-15/h1,3,7,9H,2,4-6,15-16H2,(H,17,20)(H,18,19). The fourth-order valence-electron chi connectivity index (χ4n) is 1.90. The average Bonchev–Trinajstić information content (AvgIpc) is 2.85. The number of amides is 1. The minimum Gasteiger partial charge on any atom is -0.355 e. The molecule has 1 heterocycles. The third kappa shape index (κ3) is 3.69. The number of aromatic nitrogens is 2. The van der Waals surface area contributed by atoms with Gasteiger partial charge in [0.05, 0.1) is 17.1 Å². The van der Waals surface area contributed by atoms with Gasteiger partial charge in [0.25, 0.3) is 0 Å². The van der Waals surface area contributed by atoms with Crippen molar-refractivity contribution in [2.24, 2.45) is 11.5 Å². The zero-order chi connectivity index (χ0) is 14.5. The number of fused-ring (bicyclic) bond motifs is 1. The Morgan fingerprint density at radius 1 is 1.50 bits per heavy atom. The molecule has 0 aliphatic carbocycles. The maximum Gasteiger partial charge on any atom is 0.220 e. The fourth-order valence-corrected chi connectivity index (χ4v) is 2.07. The van der Waals surface area contributed by atoms with Crippen LogP contribution in [0.4, 0.5) is 0 Å². The minimum atomic E-state index is -0.315. The zero-order valence-corrected chi connectivity index (χ0v) is 11.8. The first-order valence-corrected chi connectivity index (χ1v) is 6.85. The van der Waals surface area contributed by atoms with Gasteiger partial charge in [-0.25, -0.2) is 4.98 Å². The van der Waals surface area contributed by atoms with Crippen molar-refractivity contribution < 1.29 is 4.79 Å². The van der Waals surface area contributed by atoms with Crippen LogP contribution in [0.25, 0.3) is 11.0 Å². The second-order valence-electron chi connectivity index (χ2n) is 4.57. The molecule has 6 N–H and O–H groups in total. The maximum absolute atomic E-state index is 11.5. The molecule has 0 spiro atoms. The number of aromatic amines is 1. The molecule has 108 valence electrons. The molecule has 2 aromatic rings. The van der Waals surface area contributed by atoms with E-state index in [0.29, 0.717) is 36.8 Å². The summed E-state index contributed by atoms with van der Waals surface area (Å²) in [6.45, 7) is 0.916. The van der Waals surface area contributed by atoms with Crippen molar-refractivity contribution in [3.05, 3.63) is 29.0 Å². The lowest BCUT2D eigenvalue weighted by molar-refractivity contribution is -0.121. The van der Waals surface area contributed by atoms with Gasteiger partial charge in [-0.1, -0.05) is 11.6 Å². The van der Waals surface area contributed by atoms with Gasteiger partial charge in [-0.3, -0.25) is 4.79 Å². The van der Waals surface area contributed by atoms with Gasteiger partial charge in [0.15, 0.2) is 0 Å². The van der Waals surface area contributed by atoms with Crippen LogP contribution in [-0.4, -0.2) is 29.0 Å². The first kappa shape index (κ1) is 14.8. The molecule has 0 saturated heterocycles. The molecule has 0 aliphatic heterocycles. The van der Waals surface area contributed by atoms with E-state index in [1.807, 2.05) is 6.07 Å². The molecule has 0 saturated carbocycles. The van der Waals surface area contributed by atoms with Crippen LogP contribution in [0.3, 0.4) is 0 Å². The Hall–Kier alpha value is -1.63. The number of benzene rings is 1. The molecule has 7 heteroatoms. The van der Waals surface area contributed by atoms with E-state index >= 15 is 0 Å². The minimum absolute atomic E-state index is 0.0509. The molecule has 0 fully saturated rings. The smallest absolute Gasteiger partial charge is 0.220 e. The van der Waals surface area contributed by atoms with Gasteiger partial charge in [-0.05, 0) is 24.6 Å². The summed E-state index contributed by atoms with van der Waals surface area (Å²) in [5, 5.41) is 3.35. The second-order valence-corrected chi connectivity index (χ2v) is 5.00.